The molecule has 1 aliphatic rings. The molecular weight excluding hydrogens is 256 g/mol. The number of aromatic nitrogens is 1. The van der Waals surface area contributed by atoms with Crippen LogP contribution >= 0.6 is 15.9 Å². The summed E-state index contributed by atoms with van der Waals surface area (Å²) in [5.74, 6) is 0. The van der Waals surface area contributed by atoms with Gasteiger partial charge in [-0.25, -0.2) is 0 Å². The largest absolute Gasteiger partial charge is 0.396 e. The fourth-order valence-electron chi connectivity index (χ4n) is 1.59. The maximum atomic E-state index is 9.14. The molecule has 82 valence electrons. The highest BCUT2D eigenvalue weighted by Crippen LogP contribution is 2.44. The molecule has 1 saturated carbocycles. The number of hydrogen-bond donors (Lipinski definition) is 2. The molecule has 4 heteroatoms. The monoisotopic (exact) mass is 270 g/mol. The maximum Gasteiger partial charge on any atom is 0.0499 e. The van der Waals surface area contributed by atoms with E-state index in [1.807, 2.05) is 6.20 Å². The lowest BCUT2D eigenvalue weighted by molar-refractivity contribution is 0.207. The zero-order valence-electron chi connectivity index (χ0n) is 8.54. The van der Waals surface area contributed by atoms with Crippen molar-refractivity contribution in [1.82, 2.24) is 10.3 Å². The Hall–Kier alpha value is -0.450. The number of pyridine rings is 1. The molecular formula is C11H15BrN2O. The number of halogens is 1. The number of nitrogens with one attached hydrogen (secondary N) is 1. The lowest BCUT2D eigenvalue weighted by Crippen LogP contribution is -2.26. The zero-order valence-corrected chi connectivity index (χ0v) is 10.1. The Kier molecular flexibility index (Phi) is 3.38. The number of nitrogens with zero attached hydrogens (tertiary/aromatic N) is 1. The van der Waals surface area contributed by atoms with Crippen molar-refractivity contribution in [3.63, 3.8) is 0 Å². The van der Waals surface area contributed by atoms with E-state index in [0.29, 0.717) is 6.61 Å². The number of aliphatic hydroxyl groups is 1. The molecule has 1 heterocycles. The van der Waals surface area contributed by atoms with E-state index >= 15 is 0 Å². The lowest BCUT2D eigenvalue weighted by Gasteiger charge is -2.12. The van der Waals surface area contributed by atoms with Crippen LogP contribution in [0.3, 0.4) is 0 Å². The second-order valence-electron chi connectivity index (χ2n) is 4.27. The third-order valence-corrected chi connectivity index (χ3v) is 3.32. The van der Waals surface area contributed by atoms with Gasteiger partial charge in [-0.15, -0.1) is 0 Å². The van der Waals surface area contributed by atoms with Crippen molar-refractivity contribution in [2.24, 2.45) is 5.41 Å². The molecule has 15 heavy (non-hydrogen) atoms. The Morgan fingerprint density at radius 2 is 2.27 bits per heavy atom. The molecule has 0 bridgehead atoms. The fraction of sp³-hybridized carbons (Fsp3) is 0.545. The van der Waals surface area contributed by atoms with Crippen molar-refractivity contribution >= 4 is 15.9 Å². The van der Waals surface area contributed by atoms with Crippen molar-refractivity contribution < 1.29 is 5.11 Å². The molecule has 0 saturated heterocycles. The third kappa shape index (κ3) is 3.00. The van der Waals surface area contributed by atoms with E-state index in [4.69, 9.17) is 5.11 Å². The first kappa shape index (κ1) is 11.0. The van der Waals surface area contributed by atoms with Crippen molar-refractivity contribution in [1.29, 1.82) is 0 Å². The van der Waals surface area contributed by atoms with Gasteiger partial charge in [-0.2, -0.15) is 0 Å². The molecule has 0 spiro atoms. The summed E-state index contributed by atoms with van der Waals surface area (Å²) in [4.78, 5) is 4.10. The van der Waals surface area contributed by atoms with Crippen LogP contribution in [0.15, 0.2) is 22.9 Å². The standard InChI is InChI=1S/C11H15BrN2O/c12-10-3-9(4-13-6-10)5-14-7-11(8-15)1-2-11/h3-4,6,14-15H,1-2,5,7-8H2. The third-order valence-electron chi connectivity index (χ3n) is 2.88. The predicted octanol–water partition coefficient (Wildman–Crippen LogP) is 1.71. The van der Waals surface area contributed by atoms with Crippen LogP contribution in [-0.4, -0.2) is 23.2 Å². The van der Waals surface area contributed by atoms with Crippen LogP contribution in [0, 0.1) is 5.41 Å². The highest BCUT2D eigenvalue weighted by atomic mass is 79.9. The second-order valence-corrected chi connectivity index (χ2v) is 5.19. The van der Waals surface area contributed by atoms with Gasteiger partial charge in [-0.1, -0.05) is 0 Å². The van der Waals surface area contributed by atoms with Gasteiger partial charge in [0.25, 0.3) is 0 Å². The molecule has 0 aliphatic heterocycles. The summed E-state index contributed by atoms with van der Waals surface area (Å²) in [7, 11) is 0. The van der Waals surface area contributed by atoms with E-state index < -0.39 is 0 Å². The van der Waals surface area contributed by atoms with Crippen molar-refractivity contribution in [3.05, 3.63) is 28.5 Å². The summed E-state index contributed by atoms with van der Waals surface area (Å²) in [6, 6.07) is 2.05. The number of hydrogen-bond acceptors (Lipinski definition) is 3. The van der Waals surface area contributed by atoms with Gasteiger partial charge in [0.1, 0.15) is 0 Å². The van der Waals surface area contributed by atoms with Gasteiger partial charge < -0.3 is 10.4 Å². The van der Waals surface area contributed by atoms with Crippen LogP contribution < -0.4 is 5.32 Å². The quantitative estimate of drug-likeness (QED) is 0.857. The smallest absolute Gasteiger partial charge is 0.0499 e. The van der Waals surface area contributed by atoms with E-state index in [2.05, 4.69) is 32.3 Å². The molecule has 0 amide bonds. The summed E-state index contributed by atoms with van der Waals surface area (Å²) in [5, 5.41) is 12.5. The first-order valence-corrected chi connectivity index (χ1v) is 5.94. The molecule has 1 fully saturated rings. The fourth-order valence-corrected chi connectivity index (χ4v) is 2.00. The van der Waals surface area contributed by atoms with Gasteiger partial charge in [-0.05, 0) is 40.4 Å². The molecule has 1 aromatic heterocycles. The predicted molar refractivity (Wildman–Crippen MR) is 62.4 cm³/mol. The van der Waals surface area contributed by atoms with Crippen LogP contribution in [0.4, 0.5) is 0 Å². The maximum absolute atomic E-state index is 9.14. The minimum atomic E-state index is 0.180. The zero-order chi connectivity index (χ0) is 10.7. The highest BCUT2D eigenvalue weighted by molar-refractivity contribution is 9.10. The van der Waals surface area contributed by atoms with E-state index in [0.717, 1.165) is 36.0 Å². The normalized spacial score (nSPS) is 17.7. The van der Waals surface area contributed by atoms with Crippen LogP contribution in [0.2, 0.25) is 0 Å². The Morgan fingerprint density at radius 1 is 1.47 bits per heavy atom. The van der Waals surface area contributed by atoms with Gasteiger partial charge in [-0.3, -0.25) is 4.98 Å². The average Bonchev–Trinajstić information content (AvgIpc) is 2.99. The van der Waals surface area contributed by atoms with Crippen LogP contribution in [-0.2, 0) is 6.54 Å². The Bertz CT molecular complexity index is 339. The van der Waals surface area contributed by atoms with E-state index in [9.17, 15) is 0 Å². The first-order chi connectivity index (χ1) is 7.24. The first-order valence-electron chi connectivity index (χ1n) is 5.15. The molecule has 3 nitrogen and oxygen atoms in total. The molecule has 0 atom stereocenters. The van der Waals surface area contributed by atoms with Crippen molar-refractivity contribution in [3.8, 4) is 0 Å². The molecule has 1 aromatic rings. The minimum absolute atomic E-state index is 0.180. The van der Waals surface area contributed by atoms with Gasteiger partial charge >= 0.3 is 0 Å². The Morgan fingerprint density at radius 3 is 2.87 bits per heavy atom. The number of rotatable bonds is 5. The van der Waals surface area contributed by atoms with Crippen molar-refractivity contribution in [2.75, 3.05) is 13.2 Å². The SMILES string of the molecule is OCC1(CNCc2cncc(Br)c2)CC1. The van der Waals surface area contributed by atoms with Gasteiger partial charge in [0, 0.05) is 42.0 Å². The number of aliphatic hydroxyl groups excluding tert-OH is 1. The molecule has 2 rings (SSSR count). The van der Waals surface area contributed by atoms with Crippen LogP contribution in [0.5, 0.6) is 0 Å². The summed E-state index contributed by atoms with van der Waals surface area (Å²) < 4.78 is 1.00. The van der Waals surface area contributed by atoms with Gasteiger partial charge in [0.05, 0.1) is 0 Å². The van der Waals surface area contributed by atoms with Gasteiger partial charge in [0.2, 0.25) is 0 Å². The Balaban J connectivity index is 1.78. The molecule has 0 radical (unpaired) electrons. The molecule has 0 aromatic carbocycles. The lowest BCUT2D eigenvalue weighted by atomic mass is 10.1. The summed E-state index contributed by atoms with van der Waals surface area (Å²) in [6.45, 7) is 2.01. The molecule has 0 unspecified atom stereocenters. The Labute approximate surface area is 98.0 Å². The highest BCUT2D eigenvalue weighted by Gasteiger charge is 2.41. The second kappa shape index (κ2) is 4.60. The average molecular weight is 271 g/mol. The molecule has 2 N–H and O–H groups in total. The molecule has 1 aliphatic carbocycles. The van der Waals surface area contributed by atoms with Crippen LogP contribution in [0.25, 0.3) is 0 Å². The summed E-state index contributed by atoms with van der Waals surface area (Å²) in [6.07, 6.45) is 5.93. The van der Waals surface area contributed by atoms with E-state index in [1.165, 1.54) is 0 Å². The van der Waals surface area contributed by atoms with Crippen molar-refractivity contribution in [2.45, 2.75) is 19.4 Å². The van der Waals surface area contributed by atoms with E-state index in [-0.39, 0.29) is 5.41 Å². The topological polar surface area (TPSA) is 45.1 Å². The summed E-state index contributed by atoms with van der Waals surface area (Å²) in [5.41, 5.74) is 1.34. The minimum Gasteiger partial charge on any atom is -0.396 e. The van der Waals surface area contributed by atoms with Gasteiger partial charge in [0.15, 0.2) is 0 Å². The van der Waals surface area contributed by atoms with Crippen LogP contribution in [0.1, 0.15) is 18.4 Å². The van der Waals surface area contributed by atoms with E-state index in [1.54, 1.807) is 6.20 Å². The summed E-state index contributed by atoms with van der Waals surface area (Å²) >= 11 is 3.39.